The van der Waals surface area contributed by atoms with E-state index in [-0.39, 0.29) is 5.78 Å². The monoisotopic (exact) mass is 228 g/mol. The van der Waals surface area contributed by atoms with Gasteiger partial charge in [-0.15, -0.1) is 23.4 Å². The van der Waals surface area contributed by atoms with E-state index in [0.717, 1.165) is 16.0 Å². The molecule has 0 aliphatic carbocycles. The van der Waals surface area contributed by atoms with Crippen LogP contribution in [0.25, 0.3) is 0 Å². The van der Waals surface area contributed by atoms with Crippen molar-refractivity contribution >= 4 is 29.1 Å². The summed E-state index contributed by atoms with van der Waals surface area (Å²) in [6.07, 6.45) is 2.55. The number of ketones is 1. The van der Waals surface area contributed by atoms with Crippen molar-refractivity contribution in [3.05, 3.63) is 29.3 Å². The van der Waals surface area contributed by atoms with E-state index in [1.54, 1.807) is 11.8 Å². The maximum atomic E-state index is 11.4. The number of hydrogen-bond acceptors (Lipinski definition) is 2. The number of carbonyl (C=O) groups excluding carboxylic acids is 1. The zero-order valence-corrected chi connectivity index (χ0v) is 9.91. The summed E-state index contributed by atoms with van der Waals surface area (Å²) in [5.74, 6) is 0.630. The second kappa shape index (κ2) is 5.42. The lowest BCUT2D eigenvalue weighted by molar-refractivity contribution is 0.0988. The highest BCUT2D eigenvalue weighted by atomic mass is 35.5. The first-order valence-corrected chi connectivity index (χ1v) is 6.25. The number of carbonyl (C=O) groups is 1. The van der Waals surface area contributed by atoms with Gasteiger partial charge in [0.2, 0.25) is 0 Å². The maximum absolute atomic E-state index is 11.4. The molecule has 0 unspecified atom stereocenters. The van der Waals surface area contributed by atoms with Crippen LogP contribution in [0.4, 0.5) is 0 Å². The van der Waals surface area contributed by atoms with Crippen molar-refractivity contribution in [3.63, 3.8) is 0 Å². The molecule has 0 aliphatic rings. The van der Waals surface area contributed by atoms with Crippen LogP contribution in [0.2, 0.25) is 0 Å². The van der Waals surface area contributed by atoms with E-state index in [9.17, 15) is 4.79 Å². The average Bonchev–Trinajstić information content (AvgIpc) is 2.26. The van der Waals surface area contributed by atoms with Crippen molar-refractivity contribution in [2.45, 2.75) is 24.1 Å². The Morgan fingerprint density at radius 2 is 2.21 bits per heavy atom. The second-order valence-corrected chi connectivity index (χ2v) is 4.05. The first-order chi connectivity index (χ1) is 6.72. The van der Waals surface area contributed by atoms with E-state index in [0.29, 0.717) is 12.3 Å². The van der Waals surface area contributed by atoms with Gasteiger partial charge in [0, 0.05) is 22.8 Å². The van der Waals surface area contributed by atoms with Crippen LogP contribution in [0.15, 0.2) is 23.1 Å². The van der Waals surface area contributed by atoms with Crippen molar-refractivity contribution < 1.29 is 4.79 Å². The van der Waals surface area contributed by atoms with Gasteiger partial charge in [0.1, 0.15) is 0 Å². The molecule has 14 heavy (non-hydrogen) atoms. The number of alkyl halides is 1. The van der Waals surface area contributed by atoms with Gasteiger partial charge in [-0.05, 0) is 24.0 Å². The highest BCUT2D eigenvalue weighted by molar-refractivity contribution is 7.98. The van der Waals surface area contributed by atoms with Gasteiger partial charge < -0.3 is 0 Å². The van der Waals surface area contributed by atoms with E-state index in [2.05, 4.69) is 0 Å². The molecule has 0 amide bonds. The molecule has 0 fully saturated rings. The fourth-order valence-corrected chi connectivity index (χ4v) is 2.16. The van der Waals surface area contributed by atoms with Gasteiger partial charge in [0.15, 0.2) is 5.78 Å². The summed E-state index contributed by atoms with van der Waals surface area (Å²) >= 11 is 7.46. The lowest BCUT2D eigenvalue weighted by Gasteiger charge is -2.06. The quantitative estimate of drug-likeness (QED) is 0.444. The predicted molar refractivity (Wildman–Crippen MR) is 62.4 cm³/mol. The van der Waals surface area contributed by atoms with Crippen LogP contribution >= 0.6 is 23.4 Å². The van der Waals surface area contributed by atoms with Gasteiger partial charge in [-0.1, -0.05) is 13.0 Å². The molecular formula is C11H13ClOS. The maximum Gasteiger partial charge on any atom is 0.162 e. The third-order valence-corrected chi connectivity index (χ3v) is 3.19. The molecule has 0 atom stereocenters. The van der Waals surface area contributed by atoms with Crippen LogP contribution in [-0.4, -0.2) is 12.0 Å². The van der Waals surface area contributed by atoms with Gasteiger partial charge in [-0.25, -0.2) is 0 Å². The molecule has 0 radical (unpaired) electrons. The second-order valence-electron chi connectivity index (χ2n) is 2.94. The van der Waals surface area contributed by atoms with Crippen LogP contribution in [0.5, 0.6) is 0 Å². The van der Waals surface area contributed by atoms with Crippen LogP contribution in [0.3, 0.4) is 0 Å². The van der Waals surface area contributed by atoms with Crippen molar-refractivity contribution in [2.75, 3.05) is 6.26 Å². The van der Waals surface area contributed by atoms with Gasteiger partial charge >= 0.3 is 0 Å². The van der Waals surface area contributed by atoms with E-state index in [1.807, 2.05) is 31.4 Å². The SMILES string of the molecule is CCC(=O)c1ccc(SC)c(CCl)c1. The number of halogens is 1. The summed E-state index contributed by atoms with van der Waals surface area (Å²) in [5.41, 5.74) is 1.81. The summed E-state index contributed by atoms with van der Waals surface area (Å²) in [4.78, 5) is 12.6. The molecule has 0 heterocycles. The Kier molecular flexibility index (Phi) is 4.49. The first kappa shape index (κ1) is 11.6. The molecule has 0 saturated heterocycles. The third-order valence-electron chi connectivity index (χ3n) is 2.07. The Labute approximate surface area is 93.8 Å². The van der Waals surface area contributed by atoms with Crippen LogP contribution in [0, 0.1) is 0 Å². The Morgan fingerprint density at radius 3 is 2.71 bits per heavy atom. The van der Waals surface area contributed by atoms with Crippen molar-refractivity contribution in [1.82, 2.24) is 0 Å². The standard InChI is InChI=1S/C11H13ClOS/c1-3-10(13)8-4-5-11(14-2)9(6-8)7-12/h4-6H,3,7H2,1-2H3. The summed E-state index contributed by atoms with van der Waals surface area (Å²) < 4.78 is 0. The van der Waals surface area contributed by atoms with E-state index >= 15 is 0 Å². The minimum Gasteiger partial charge on any atom is -0.294 e. The highest BCUT2D eigenvalue weighted by Crippen LogP contribution is 2.23. The topological polar surface area (TPSA) is 17.1 Å². The number of thioether (sulfide) groups is 1. The van der Waals surface area contributed by atoms with E-state index in [1.165, 1.54) is 0 Å². The minimum atomic E-state index is 0.170. The molecule has 0 aromatic heterocycles. The number of rotatable bonds is 4. The molecule has 1 rings (SSSR count). The molecule has 1 aromatic carbocycles. The molecule has 0 spiro atoms. The van der Waals surface area contributed by atoms with Crippen molar-refractivity contribution in [2.24, 2.45) is 0 Å². The molecular weight excluding hydrogens is 216 g/mol. The molecule has 0 aliphatic heterocycles. The normalized spacial score (nSPS) is 10.2. The lowest BCUT2D eigenvalue weighted by Crippen LogP contribution is -1.98. The number of hydrogen-bond donors (Lipinski definition) is 0. The molecule has 0 saturated carbocycles. The van der Waals surface area contributed by atoms with E-state index in [4.69, 9.17) is 11.6 Å². The Morgan fingerprint density at radius 1 is 1.50 bits per heavy atom. The van der Waals surface area contributed by atoms with Crippen LogP contribution in [-0.2, 0) is 5.88 Å². The Balaban J connectivity index is 3.07. The lowest BCUT2D eigenvalue weighted by atomic mass is 10.1. The third kappa shape index (κ3) is 2.52. The molecule has 3 heteroatoms. The number of benzene rings is 1. The zero-order valence-electron chi connectivity index (χ0n) is 8.34. The summed E-state index contributed by atoms with van der Waals surface area (Å²) in [5, 5.41) is 0. The molecule has 0 N–H and O–H groups in total. The van der Waals surface area contributed by atoms with Crippen molar-refractivity contribution in [3.8, 4) is 0 Å². The number of Topliss-reactive ketones (excluding diaryl/α,β-unsaturated/α-hetero) is 1. The fraction of sp³-hybridized carbons (Fsp3) is 0.364. The van der Waals surface area contributed by atoms with Crippen LogP contribution in [0.1, 0.15) is 29.3 Å². The predicted octanol–water partition coefficient (Wildman–Crippen LogP) is 3.74. The first-order valence-electron chi connectivity index (χ1n) is 4.49. The largest absolute Gasteiger partial charge is 0.294 e. The summed E-state index contributed by atoms with van der Waals surface area (Å²) in [7, 11) is 0. The fourth-order valence-electron chi connectivity index (χ4n) is 1.26. The minimum absolute atomic E-state index is 0.170. The average molecular weight is 229 g/mol. The molecule has 1 nitrogen and oxygen atoms in total. The Bertz CT molecular complexity index is 336. The molecule has 0 bridgehead atoms. The van der Waals surface area contributed by atoms with E-state index < -0.39 is 0 Å². The highest BCUT2D eigenvalue weighted by Gasteiger charge is 2.06. The van der Waals surface area contributed by atoms with Gasteiger partial charge in [-0.3, -0.25) is 4.79 Å². The van der Waals surface area contributed by atoms with Gasteiger partial charge in [-0.2, -0.15) is 0 Å². The van der Waals surface area contributed by atoms with Gasteiger partial charge in [0.05, 0.1) is 0 Å². The summed E-state index contributed by atoms with van der Waals surface area (Å²) in [6, 6.07) is 5.73. The summed E-state index contributed by atoms with van der Waals surface area (Å²) in [6.45, 7) is 1.87. The molecule has 1 aromatic rings. The van der Waals surface area contributed by atoms with Crippen LogP contribution < -0.4 is 0 Å². The smallest absolute Gasteiger partial charge is 0.162 e. The molecule has 76 valence electrons. The van der Waals surface area contributed by atoms with Crippen molar-refractivity contribution in [1.29, 1.82) is 0 Å². The Hall–Kier alpha value is -0.470. The zero-order chi connectivity index (χ0) is 10.6. The van der Waals surface area contributed by atoms with Gasteiger partial charge in [0.25, 0.3) is 0 Å².